The molecule has 7 nitrogen and oxygen atoms in total. The van der Waals surface area contributed by atoms with Gasteiger partial charge in [0.2, 0.25) is 0 Å². The summed E-state index contributed by atoms with van der Waals surface area (Å²) in [5.74, 6) is -1.78. The minimum absolute atomic E-state index is 0.175. The molecule has 0 fully saturated rings. The van der Waals surface area contributed by atoms with E-state index in [9.17, 15) is 14.0 Å². The number of pyridine rings is 1. The Morgan fingerprint density at radius 1 is 1.37 bits per heavy atom. The molecular weight excluding hydrogens is 253 g/mol. The fraction of sp³-hybridized carbons (Fsp3) is 0.364. The Balaban J connectivity index is 2.44. The summed E-state index contributed by atoms with van der Waals surface area (Å²) in [6.07, 6.45) is 1.25. The molecule has 0 unspecified atom stereocenters. The van der Waals surface area contributed by atoms with Crippen LogP contribution in [0.1, 0.15) is 10.4 Å². The van der Waals surface area contributed by atoms with Gasteiger partial charge in [-0.1, -0.05) is 0 Å². The largest absolute Gasteiger partial charge is 0.381 e. The number of carbonyl (C=O) groups excluding carboxylic acids is 2. The highest BCUT2D eigenvalue weighted by molar-refractivity contribution is 5.95. The fourth-order valence-corrected chi connectivity index (χ4v) is 1.23. The summed E-state index contributed by atoms with van der Waals surface area (Å²) < 4.78 is 13.5. The summed E-state index contributed by atoms with van der Waals surface area (Å²) in [6, 6.07) is 0.966. The van der Waals surface area contributed by atoms with E-state index in [0.29, 0.717) is 0 Å². The van der Waals surface area contributed by atoms with Crippen LogP contribution >= 0.6 is 0 Å². The van der Waals surface area contributed by atoms with Crippen LogP contribution in [0.5, 0.6) is 0 Å². The van der Waals surface area contributed by atoms with Crippen LogP contribution in [0.25, 0.3) is 0 Å². The summed E-state index contributed by atoms with van der Waals surface area (Å²) in [4.78, 5) is 27.7. The minimum atomic E-state index is -0.850. The lowest BCUT2D eigenvalue weighted by molar-refractivity contribution is 0.0949. The fourth-order valence-electron chi connectivity index (χ4n) is 1.23. The summed E-state index contributed by atoms with van der Waals surface area (Å²) in [6.45, 7) is 0.422. The second-order valence-electron chi connectivity index (χ2n) is 3.94. The minimum Gasteiger partial charge on any atom is -0.381 e. The van der Waals surface area contributed by atoms with Gasteiger partial charge in [-0.2, -0.15) is 0 Å². The molecule has 1 aromatic rings. The zero-order chi connectivity index (χ0) is 14.4. The van der Waals surface area contributed by atoms with Crippen LogP contribution in [0.4, 0.5) is 15.0 Å². The molecule has 1 heterocycles. The number of aromatic nitrogens is 1. The molecule has 1 aromatic heterocycles. The van der Waals surface area contributed by atoms with E-state index in [1.165, 1.54) is 17.2 Å². The zero-order valence-corrected chi connectivity index (χ0v) is 10.7. The summed E-state index contributed by atoms with van der Waals surface area (Å²) in [5, 5.41) is 5.02. The van der Waals surface area contributed by atoms with E-state index in [0.717, 1.165) is 0 Å². The maximum atomic E-state index is 13.5. The normalized spacial score (nSPS) is 9.84. The number of halogens is 1. The van der Waals surface area contributed by atoms with Crippen molar-refractivity contribution >= 4 is 17.8 Å². The number of carbonyl (C=O) groups is 2. The van der Waals surface area contributed by atoms with Crippen molar-refractivity contribution in [1.29, 1.82) is 0 Å². The summed E-state index contributed by atoms with van der Waals surface area (Å²) >= 11 is 0. The maximum absolute atomic E-state index is 13.5. The van der Waals surface area contributed by atoms with E-state index < -0.39 is 11.7 Å². The number of nitrogens with zero attached hydrogens (tertiary/aromatic N) is 2. The van der Waals surface area contributed by atoms with Crippen LogP contribution in [0, 0.1) is 5.82 Å². The standard InChI is InChI=1S/C11H16FN5O2/c1-17(2)11(19)16-6-5-15-10(18)7-3-4-14-9(13)8(7)12/h3-4H,5-6H2,1-2H3,(H2,13,14)(H,15,18)(H,16,19). The number of rotatable bonds is 4. The number of hydrogen-bond acceptors (Lipinski definition) is 4. The molecule has 0 saturated heterocycles. The van der Waals surface area contributed by atoms with E-state index in [-0.39, 0.29) is 30.5 Å². The van der Waals surface area contributed by atoms with Crippen LogP contribution in [0.15, 0.2) is 12.3 Å². The van der Waals surface area contributed by atoms with Crippen LogP contribution in [0.3, 0.4) is 0 Å². The van der Waals surface area contributed by atoms with Gasteiger partial charge >= 0.3 is 6.03 Å². The molecule has 0 aromatic carbocycles. The Bertz CT molecular complexity index is 478. The third-order valence-electron chi connectivity index (χ3n) is 2.25. The van der Waals surface area contributed by atoms with Crippen molar-refractivity contribution in [3.8, 4) is 0 Å². The number of amides is 3. The molecule has 0 saturated carbocycles. The summed E-state index contributed by atoms with van der Waals surface area (Å²) in [7, 11) is 3.20. The van der Waals surface area contributed by atoms with Crippen molar-refractivity contribution in [3.63, 3.8) is 0 Å². The van der Waals surface area contributed by atoms with Gasteiger partial charge in [-0.3, -0.25) is 4.79 Å². The molecule has 0 spiro atoms. The van der Waals surface area contributed by atoms with Crippen LogP contribution in [-0.4, -0.2) is 49.0 Å². The van der Waals surface area contributed by atoms with Gasteiger partial charge in [0.1, 0.15) is 0 Å². The molecule has 19 heavy (non-hydrogen) atoms. The third kappa shape index (κ3) is 4.09. The molecule has 0 aliphatic heterocycles. The lowest BCUT2D eigenvalue weighted by Gasteiger charge is -2.12. The second kappa shape index (κ2) is 6.53. The average molecular weight is 269 g/mol. The van der Waals surface area contributed by atoms with Gasteiger partial charge in [-0.15, -0.1) is 0 Å². The molecule has 0 atom stereocenters. The Morgan fingerprint density at radius 3 is 2.63 bits per heavy atom. The first kappa shape index (κ1) is 14.7. The van der Waals surface area contributed by atoms with Crippen molar-refractivity contribution in [2.45, 2.75) is 0 Å². The molecule has 0 aliphatic rings. The first-order valence-corrected chi connectivity index (χ1v) is 5.56. The number of hydrogen-bond donors (Lipinski definition) is 3. The Morgan fingerprint density at radius 2 is 2.00 bits per heavy atom. The maximum Gasteiger partial charge on any atom is 0.316 e. The van der Waals surface area contributed by atoms with Gasteiger partial charge in [0.15, 0.2) is 11.6 Å². The first-order valence-electron chi connectivity index (χ1n) is 5.56. The van der Waals surface area contributed by atoms with Gasteiger partial charge in [-0.25, -0.2) is 14.2 Å². The van der Waals surface area contributed by atoms with Gasteiger partial charge in [0, 0.05) is 33.4 Å². The third-order valence-corrected chi connectivity index (χ3v) is 2.25. The van der Waals surface area contributed by atoms with Crippen molar-refractivity contribution in [2.24, 2.45) is 0 Å². The van der Waals surface area contributed by atoms with Crippen LogP contribution in [0.2, 0.25) is 0 Å². The quantitative estimate of drug-likeness (QED) is 0.659. The van der Waals surface area contributed by atoms with Crippen molar-refractivity contribution < 1.29 is 14.0 Å². The Hall–Kier alpha value is -2.38. The highest BCUT2D eigenvalue weighted by Gasteiger charge is 2.13. The predicted octanol–water partition coefficient (Wildman–Crippen LogP) is -0.196. The molecule has 3 amide bonds. The molecular formula is C11H16FN5O2. The molecule has 1 rings (SSSR count). The van der Waals surface area contributed by atoms with E-state index >= 15 is 0 Å². The highest BCUT2D eigenvalue weighted by atomic mass is 19.1. The highest BCUT2D eigenvalue weighted by Crippen LogP contribution is 2.11. The van der Waals surface area contributed by atoms with Gasteiger partial charge in [0.05, 0.1) is 5.56 Å². The molecule has 0 radical (unpaired) electrons. The van der Waals surface area contributed by atoms with Gasteiger partial charge in [-0.05, 0) is 6.07 Å². The van der Waals surface area contributed by atoms with E-state index in [1.54, 1.807) is 14.1 Å². The molecule has 8 heteroatoms. The SMILES string of the molecule is CN(C)C(=O)NCCNC(=O)c1ccnc(N)c1F. The monoisotopic (exact) mass is 269 g/mol. The Kier molecular flexibility index (Phi) is 5.04. The first-order chi connectivity index (χ1) is 8.93. The van der Waals surface area contributed by atoms with Crippen LogP contribution < -0.4 is 16.4 Å². The smallest absolute Gasteiger partial charge is 0.316 e. The van der Waals surface area contributed by atoms with E-state index in [1.807, 2.05) is 0 Å². The van der Waals surface area contributed by atoms with Crippen molar-refractivity contribution in [2.75, 3.05) is 32.9 Å². The molecule has 0 aliphatic carbocycles. The van der Waals surface area contributed by atoms with Crippen LogP contribution in [-0.2, 0) is 0 Å². The number of nitrogen functional groups attached to an aromatic ring is 1. The number of nitrogens with two attached hydrogens (primary N) is 1. The number of nitrogens with one attached hydrogen (secondary N) is 2. The van der Waals surface area contributed by atoms with Gasteiger partial charge in [0.25, 0.3) is 5.91 Å². The molecule has 4 N–H and O–H groups in total. The number of urea groups is 1. The predicted molar refractivity (Wildman–Crippen MR) is 68.0 cm³/mol. The second-order valence-corrected chi connectivity index (χ2v) is 3.94. The lowest BCUT2D eigenvalue weighted by Crippen LogP contribution is -2.39. The van der Waals surface area contributed by atoms with E-state index in [4.69, 9.17) is 5.73 Å². The Labute approximate surface area is 110 Å². The van der Waals surface area contributed by atoms with Gasteiger partial charge < -0.3 is 21.3 Å². The lowest BCUT2D eigenvalue weighted by atomic mass is 10.2. The zero-order valence-electron chi connectivity index (χ0n) is 10.7. The molecule has 104 valence electrons. The molecule has 0 bridgehead atoms. The van der Waals surface area contributed by atoms with E-state index in [2.05, 4.69) is 15.6 Å². The average Bonchev–Trinajstić information content (AvgIpc) is 2.37. The topological polar surface area (TPSA) is 100 Å². The van der Waals surface area contributed by atoms with Crippen molar-refractivity contribution in [3.05, 3.63) is 23.6 Å². The number of anilines is 1. The summed E-state index contributed by atoms with van der Waals surface area (Å²) in [5.41, 5.74) is 5.08. The van der Waals surface area contributed by atoms with Crippen molar-refractivity contribution in [1.82, 2.24) is 20.5 Å².